The molecule has 2 aromatic heterocycles. The average molecular weight is 297 g/mol. The van der Waals surface area contributed by atoms with Crippen molar-refractivity contribution in [1.82, 2.24) is 15.3 Å². The number of carbonyl (C=O) groups is 1. The summed E-state index contributed by atoms with van der Waals surface area (Å²) < 4.78 is 0. The number of nitrogens with zero attached hydrogens (tertiary/aromatic N) is 2. The number of nitrogens with one attached hydrogen (secondary N) is 1. The molecule has 1 amide bonds. The Morgan fingerprint density at radius 2 is 1.91 bits per heavy atom. The maximum atomic E-state index is 12.3. The molecule has 5 heteroatoms. The minimum Gasteiger partial charge on any atom is -0.393 e. The zero-order valence-corrected chi connectivity index (χ0v) is 12.2. The number of aliphatic hydroxyl groups excluding tert-OH is 1. The molecular weight excluding hydrogens is 278 g/mol. The molecule has 0 bridgehead atoms. The lowest BCUT2D eigenvalue weighted by atomic mass is 9.76. The molecule has 2 aromatic rings. The first-order valence-electron chi connectivity index (χ1n) is 7.50. The zero-order chi connectivity index (χ0) is 15.4. The van der Waals surface area contributed by atoms with E-state index < -0.39 is 0 Å². The molecule has 0 spiro atoms. The topological polar surface area (TPSA) is 75.1 Å². The van der Waals surface area contributed by atoms with Gasteiger partial charge in [0, 0.05) is 18.1 Å². The first kappa shape index (κ1) is 14.7. The van der Waals surface area contributed by atoms with Crippen molar-refractivity contribution in [3.05, 3.63) is 60.2 Å². The lowest BCUT2D eigenvalue weighted by molar-refractivity contribution is -0.122. The highest BCUT2D eigenvalue weighted by Crippen LogP contribution is 2.37. The van der Waals surface area contributed by atoms with Crippen LogP contribution in [0.4, 0.5) is 0 Å². The Morgan fingerprint density at radius 1 is 1.18 bits per heavy atom. The van der Waals surface area contributed by atoms with Crippen molar-refractivity contribution in [3.8, 4) is 0 Å². The molecule has 1 atom stereocenters. The number of rotatable bonds is 5. The SMILES string of the molecule is O=C(Cc1ccccn1)N[C@@H](c1ccccn1)C1CC(O)C1. The van der Waals surface area contributed by atoms with E-state index in [1.165, 1.54) is 0 Å². The standard InChI is InChI=1S/C17H19N3O2/c21-14-9-12(10-14)17(15-6-2-4-8-19-15)20-16(22)11-13-5-1-3-7-18-13/h1-8,12,14,17,21H,9-11H2,(H,20,22)/t12?,14?,17-/m1/s1. The molecule has 0 aliphatic heterocycles. The average Bonchev–Trinajstić information content (AvgIpc) is 2.52. The minimum absolute atomic E-state index is 0.0734. The number of amides is 1. The van der Waals surface area contributed by atoms with Crippen LogP contribution in [0.25, 0.3) is 0 Å². The highest BCUT2D eigenvalue weighted by molar-refractivity contribution is 5.78. The van der Waals surface area contributed by atoms with Crippen molar-refractivity contribution in [1.29, 1.82) is 0 Å². The summed E-state index contributed by atoms with van der Waals surface area (Å²) in [7, 11) is 0. The van der Waals surface area contributed by atoms with E-state index in [2.05, 4.69) is 15.3 Å². The Morgan fingerprint density at radius 3 is 2.50 bits per heavy atom. The summed E-state index contributed by atoms with van der Waals surface area (Å²) in [5.41, 5.74) is 1.59. The van der Waals surface area contributed by atoms with Crippen LogP contribution in [0.15, 0.2) is 48.8 Å². The van der Waals surface area contributed by atoms with E-state index in [4.69, 9.17) is 0 Å². The molecule has 0 saturated heterocycles. The van der Waals surface area contributed by atoms with Crippen LogP contribution in [-0.2, 0) is 11.2 Å². The maximum Gasteiger partial charge on any atom is 0.226 e. The van der Waals surface area contributed by atoms with E-state index in [0.717, 1.165) is 11.4 Å². The third-order valence-corrected chi connectivity index (χ3v) is 4.01. The monoisotopic (exact) mass is 297 g/mol. The summed E-state index contributed by atoms with van der Waals surface area (Å²) in [5, 5.41) is 12.6. The van der Waals surface area contributed by atoms with Gasteiger partial charge >= 0.3 is 0 Å². The van der Waals surface area contributed by atoms with E-state index in [1.54, 1.807) is 12.4 Å². The van der Waals surface area contributed by atoms with E-state index in [9.17, 15) is 9.90 Å². The molecule has 0 radical (unpaired) electrons. The molecule has 0 unspecified atom stereocenters. The number of hydrogen-bond donors (Lipinski definition) is 2. The zero-order valence-electron chi connectivity index (χ0n) is 12.2. The maximum absolute atomic E-state index is 12.3. The smallest absolute Gasteiger partial charge is 0.226 e. The molecule has 3 rings (SSSR count). The number of carbonyl (C=O) groups excluding carboxylic acids is 1. The second-order valence-corrected chi connectivity index (χ2v) is 5.68. The van der Waals surface area contributed by atoms with E-state index in [1.807, 2.05) is 36.4 Å². The van der Waals surface area contributed by atoms with Gasteiger partial charge in [-0.2, -0.15) is 0 Å². The van der Waals surface area contributed by atoms with Crippen molar-refractivity contribution in [2.24, 2.45) is 5.92 Å². The predicted molar refractivity (Wildman–Crippen MR) is 81.8 cm³/mol. The molecule has 2 N–H and O–H groups in total. The molecule has 1 fully saturated rings. The summed E-state index contributed by atoms with van der Waals surface area (Å²) in [4.78, 5) is 20.8. The third-order valence-electron chi connectivity index (χ3n) is 4.01. The highest BCUT2D eigenvalue weighted by Gasteiger charge is 2.36. The molecule has 1 aliphatic rings. The Kier molecular flexibility index (Phi) is 4.44. The molecule has 1 aliphatic carbocycles. The van der Waals surface area contributed by atoms with E-state index >= 15 is 0 Å². The second kappa shape index (κ2) is 6.66. The summed E-state index contributed by atoms with van der Waals surface area (Å²) >= 11 is 0. The first-order valence-corrected chi connectivity index (χ1v) is 7.50. The van der Waals surface area contributed by atoms with Crippen molar-refractivity contribution in [3.63, 3.8) is 0 Å². The second-order valence-electron chi connectivity index (χ2n) is 5.68. The molecule has 0 aromatic carbocycles. The minimum atomic E-state index is -0.260. The molecule has 22 heavy (non-hydrogen) atoms. The van der Waals surface area contributed by atoms with Gasteiger partial charge in [-0.3, -0.25) is 14.8 Å². The van der Waals surface area contributed by atoms with Crippen molar-refractivity contribution >= 4 is 5.91 Å². The van der Waals surface area contributed by atoms with Gasteiger partial charge in [-0.05, 0) is 43.0 Å². The van der Waals surface area contributed by atoms with E-state index in [0.29, 0.717) is 12.8 Å². The first-order chi connectivity index (χ1) is 10.7. The van der Waals surface area contributed by atoms with Crippen LogP contribution in [0.5, 0.6) is 0 Å². The largest absolute Gasteiger partial charge is 0.393 e. The summed E-state index contributed by atoms with van der Waals surface area (Å²) in [6.07, 6.45) is 4.79. The quantitative estimate of drug-likeness (QED) is 0.880. The summed E-state index contributed by atoms with van der Waals surface area (Å²) in [6, 6.07) is 11.1. The number of aliphatic hydroxyl groups is 1. The molecule has 1 saturated carbocycles. The third kappa shape index (κ3) is 3.49. The van der Waals surface area contributed by atoms with Crippen LogP contribution in [0.2, 0.25) is 0 Å². The molecule has 2 heterocycles. The van der Waals surface area contributed by atoms with Crippen molar-refractivity contribution in [2.45, 2.75) is 31.4 Å². The predicted octanol–water partition coefficient (Wildman–Crippen LogP) is 1.65. The van der Waals surface area contributed by atoms with Gasteiger partial charge < -0.3 is 10.4 Å². The number of pyridine rings is 2. The van der Waals surface area contributed by atoms with Gasteiger partial charge in [0.05, 0.1) is 24.3 Å². The fourth-order valence-electron chi connectivity index (χ4n) is 2.79. The van der Waals surface area contributed by atoms with Crippen molar-refractivity contribution < 1.29 is 9.90 Å². The van der Waals surface area contributed by atoms with Gasteiger partial charge in [-0.15, -0.1) is 0 Å². The number of aromatic nitrogens is 2. The molecular formula is C17H19N3O2. The summed E-state index contributed by atoms with van der Waals surface area (Å²) in [5.74, 6) is 0.160. The van der Waals surface area contributed by atoms with Gasteiger partial charge in [0.2, 0.25) is 5.91 Å². The lowest BCUT2D eigenvalue weighted by Crippen LogP contribution is -2.42. The fourth-order valence-corrected chi connectivity index (χ4v) is 2.79. The Hall–Kier alpha value is -2.27. The highest BCUT2D eigenvalue weighted by atomic mass is 16.3. The molecule has 114 valence electrons. The van der Waals surface area contributed by atoms with Gasteiger partial charge in [0.15, 0.2) is 0 Å². The van der Waals surface area contributed by atoms with Crippen LogP contribution in [0.1, 0.15) is 30.3 Å². The van der Waals surface area contributed by atoms with Crippen LogP contribution in [0.3, 0.4) is 0 Å². The van der Waals surface area contributed by atoms with Crippen LogP contribution in [-0.4, -0.2) is 27.1 Å². The Balaban J connectivity index is 1.69. The number of hydrogen-bond acceptors (Lipinski definition) is 4. The van der Waals surface area contributed by atoms with Crippen LogP contribution in [0, 0.1) is 5.92 Å². The van der Waals surface area contributed by atoms with Gasteiger partial charge in [0.25, 0.3) is 0 Å². The van der Waals surface area contributed by atoms with Crippen molar-refractivity contribution in [2.75, 3.05) is 0 Å². The summed E-state index contributed by atoms with van der Waals surface area (Å²) in [6.45, 7) is 0. The fraction of sp³-hybridized carbons (Fsp3) is 0.353. The van der Waals surface area contributed by atoms with Gasteiger partial charge in [-0.1, -0.05) is 12.1 Å². The van der Waals surface area contributed by atoms with Gasteiger partial charge in [-0.25, -0.2) is 0 Å². The molecule has 5 nitrogen and oxygen atoms in total. The Bertz CT molecular complexity index is 612. The normalized spacial score (nSPS) is 21.7. The van der Waals surface area contributed by atoms with Crippen LogP contribution >= 0.6 is 0 Å². The van der Waals surface area contributed by atoms with Gasteiger partial charge in [0.1, 0.15) is 0 Å². The lowest BCUT2D eigenvalue weighted by Gasteiger charge is -2.37. The van der Waals surface area contributed by atoms with Crippen LogP contribution < -0.4 is 5.32 Å². The van der Waals surface area contributed by atoms with E-state index in [-0.39, 0.29) is 30.4 Å². The Labute approximate surface area is 129 Å².